The van der Waals surface area contributed by atoms with Crippen LogP contribution in [0.25, 0.3) is 0 Å². The van der Waals surface area contributed by atoms with Crippen molar-refractivity contribution < 1.29 is 9.84 Å². The number of aliphatic hydroxyl groups excluding tert-OH is 1. The second-order valence-corrected chi connectivity index (χ2v) is 4.35. The molecule has 1 fully saturated rings. The molecule has 0 bridgehead atoms. The van der Waals surface area contributed by atoms with E-state index in [1.54, 1.807) is 7.11 Å². The van der Waals surface area contributed by atoms with Crippen LogP contribution < -0.4 is 0 Å². The Bertz CT molecular complexity index is 200. The molecule has 76 valence electrons. The molecule has 3 atom stereocenters. The highest BCUT2D eigenvalue weighted by atomic mass is 16.5. The normalized spacial score (nSPS) is 40.3. The Hall–Kier alpha value is -0.340. The Morgan fingerprint density at radius 2 is 2.23 bits per heavy atom. The smallest absolute Gasteiger partial charge is 0.0908 e. The molecule has 0 aliphatic heterocycles. The third kappa shape index (κ3) is 2.12. The molecule has 1 aliphatic rings. The van der Waals surface area contributed by atoms with Crippen LogP contribution in [-0.2, 0) is 4.74 Å². The molecule has 0 aromatic heterocycles. The Morgan fingerprint density at radius 3 is 2.62 bits per heavy atom. The summed E-state index contributed by atoms with van der Waals surface area (Å²) in [7, 11) is 1.67. The minimum Gasteiger partial charge on any atom is -0.390 e. The lowest BCUT2D eigenvalue weighted by Crippen LogP contribution is -2.46. The van der Waals surface area contributed by atoms with Gasteiger partial charge in [0.05, 0.1) is 11.7 Å². The first-order valence-electron chi connectivity index (χ1n) is 4.88. The molecule has 0 unspecified atom stereocenters. The maximum absolute atomic E-state index is 9.88. The molecular weight excluding hydrogens is 164 g/mol. The fourth-order valence-corrected chi connectivity index (χ4v) is 1.95. The van der Waals surface area contributed by atoms with Crippen LogP contribution in [0.2, 0.25) is 0 Å². The molecule has 1 aliphatic carbocycles. The molecular formula is C11H20O2. The van der Waals surface area contributed by atoms with Crippen LogP contribution in [0.15, 0.2) is 12.2 Å². The molecule has 2 nitrogen and oxygen atoms in total. The van der Waals surface area contributed by atoms with Gasteiger partial charge < -0.3 is 9.84 Å². The number of rotatable bonds is 2. The molecule has 0 amide bonds. The summed E-state index contributed by atoms with van der Waals surface area (Å²) in [5, 5.41) is 9.88. The van der Waals surface area contributed by atoms with E-state index < -0.39 is 0 Å². The van der Waals surface area contributed by atoms with Gasteiger partial charge in [0, 0.05) is 7.11 Å². The van der Waals surface area contributed by atoms with Crippen molar-refractivity contribution in [3.63, 3.8) is 0 Å². The number of allylic oxidation sites excluding steroid dienone is 1. The Balaban J connectivity index is 2.61. The molecule has 0 heterocycles. The van der Waals surface area contributed by atoms with Crippen molar-refractivity contribution in [2.24, 2.45) is 5.92 Å². The Kier molecular flexibility index (Phi) is 3.14. The lowest BCUT2D eigenvalue weighted by Gasteiger charge is -2.40. The predicted octanol–water partition coefficient (Wildman–Crippen LogP) is 2.13. The lowest BCUT2D eigenvalue weighted by atomic mass is 9.75. The first-order chi connectivity index (χ1) is 5.99. The van der Waals surface area contributed by atoms with Crippen molar-refractivity contribution in [3.05, 3.63) is 12.2 Å². The Morgan fingerprint density at radius 1 is 1.62 bits per heavy atom. The van der Waals surface area contributed by atoms with Crippen molar-refractivity contribution >= 4 is 0 Å². The van der Waals surface area contributed by atoms with Gasteiger partial charge in [0.15, 0.2) is 0 Å². The summed E-state index contributed by atoms with van der Waals surface area (Å²) in [5.74, 6) is 0.471. The van der Waals surface area contributed by atoms with Gasteiger partial charge in [0.25, 0.3) is 0 Å². The monoisotopic (exact) mass is 184 g/mol. The van der Waals surface area contributed by atoms with E-state index in [1.165, 1.54) is 5.57 Å². The molecule has 2 heteroatoms. The SMILES string of the molecule is C=C(C)[C@@H]1CC[C@](C)(OC)[C@@H](O)C1. The summed E-state index contributed by atoms with van der Waals surface area (Å²) in [6.45, 7) is 7.95. The van der Waals surface area contributed by atoms with Gasteiger partial charge in [0.2, 0.25) is 0 Å². The third-order valence-electron chi connectivity index (χ3n) is 3.37. The van der Waals surface area contributed by atoms with E-state index >= 15 is 0 Å². The fourth-order valence-electron chi connectivity index (χ4n) is 1.95. The lowest BCUT2D eigenvalue weighted by molar-refractivity contribution is -0.119. The second kappa shape index (κ2) is 3.81. The van der Waals surface area contributed by atoms with Gasteiger partial charge in [-0.25, -0.2) is 0 Å². The number of ether oxygens (including phenoxy) is 1. The molecule has 0 aromatic rings. The van der Waals surface area contributed by atoms with E-state index in [9.17, 15) is 5.11 Å². The molecule has 0 saturated heterocycles. The summed E-state index contributed by atoms with van der Waals surface area (Å²) in [6.07, 6.45) is 2.44. The van der Waals surface area contributed by atoms with Gasteiger partial charge in [-0.1, -0.05) is 12.2 Å². The van der Waals surface area contributed by atoms with Crippen LogP contribution in [-0.4, -0.2) is 23.9 Å². The van der Waals surface area contributed by atoms with E-state index in [2.05, 4.69) is 6.58 Å². The average molecular weight is 184 g/mol. The standard InChI is InChI=1S/C11H20O2/c1-8(2)9-5-6-11(3,13-4)10(12)7-9/h9-10,12H,1,5-7H2,2-4H3/t9-,10+,11+/m1/s1. The van der Waals surface area contributed by atoms with Crippen molar-refractivity contribution in [2.75, 3.05) is 7.11 Å². The number of hydrogen-bond acceptors (Lipinski definition) is 2. The molecule has 0 spiro atoms. The maximum Gasteiger partial charge on any atom is 0.0908 e. The van der Waals surface area contributed by atoms with E-state index in [4.69, 9.17) is 4.74 Å². The van der Waals surface area contributed by atoms with Crippen molar-refractivity contribution in [1.82, 2.24) is 0 Å². The van der Waals surface area contributed by atoms with Crippen molar-refractivity contribution in [3.8, 4) is 0 Å². The molecule has 1 saturated carbocycles. The highest BCUT2D eigenvalue weighted by Gasteiger charge is 2.39. The van der Waals surface area contributed by atoms with Gasteiger partial charge in [-0.05, 0) is 39.0 Å². The minimum atomic E-state index is -0.354. The van der Waals surface area contributed by atoms with Gasteiger partial charge in [-0.3, -0.25) is 0 Å². The third-order valence-corrected chi connectivity index (χ3v) is 3.37. The van der Waals surface area contributed by atoms with Crippen molar-refractivity contribution in [1.29, 1.82) is 0 Å². The minimum absolute atomic E-state index is 0.341. The maximum atomic E-state index is 9.88. The van der Waals surface area contributed by atoms with E-state index in [1.807, 2.05) is 13.8 Å². The molecule has 1 rings (SSSR count). The van der Waals surface area contributed by atoms with Crippen LogP contribution in [0, 0.1) is 5.92 Å². The van der Waals surface area contributed by atoms with Crippen molar-refractivity contribution in [2.45, 2.75) is 44.8 Å². The topological polar surface area (TPSA) is 29.5 Å². The van der Waals surface area contributed by atoms with E-state index in [0.717, 1.165) is 19.3 Å². The summed E-state index contributed by atoms with van der Waals surface area (Å²) in [5.41, 5.74) is 0.837. The number of methoxy groups -OCH3 is 1. The highest BCUT2D eigenvalue weighted by molar-refractivity contribution is 5.03. The van der Waals surface area contributed by atoms with E-state index in [-0.39, 0.29) is 11.7 Å². The van der Waals surface area contributed by atoms with Crippen LogP contribution in [0.3, 0.4) is 0 Å². The highest BCUT2D eigenvalue weighted by Crippen LogP contribution is 2.36. The molecule has 0 aromatic carbocycles. The number of hydrogen-bond donors (Lipinski definition) is 1. The second-order valence-electron chi connectivity index (χ2n) is 4.35. The summed E-state index contributed by atoms with van der Waals surface area (Å²) < 4.78 is 5.34. The molecule has 1 N–H and O–H groups in total. The molecule has 0 radical (unpaired) electrons. The van der Waals surface area contributed by atoms with Crippen LogP contribution in [0.1, 0.15) is 33.1 Å². The zero-order chi connectivity index (χ0) is 10.1. The first kappa shape index (κ1) is 10.7. The quantitative estimate of drug-likeness (QED) is 0.666. The Labute approximate surface area is 80.6 Å². The van der Waals surface area contributed by atoms with Gasteiger partial charge in [0.1, 0.15) is 0 Å². The van der Waals surface area contributed by atoms with E-state index in [0.29, 0.717) is 5.92 Å². The van der Waals surface area contributed by atoms with Crippen LogP contribution in [0.4, 0.5) is 0 Å². The fraction of sp³-hybridized carbons (Fsp3) is 0.818. The zero-order valence-corrected chi connectivity index (χ0v) is 8.84. The predicted molar refractivity (Wildman–Crippen MR) is 53.6 cm³/mol. The van der Waals surface area contributed by atoms with Crippen LogP contribution in [0.5, 0.6) is 0 Å². The van der Waals surface area contributed by atoms with Gasteiger partial charge in [-0.2, -0.15) is 0 Å². The van der Waals surface area contributed by atoms with Gasteiger partial charge >= 0.3 is 0 Å². The summed E-state index contributed by atoms with van der Waals surface area (Å²) in [4.78, 5) is 0. The average Bonchev–Trinajstić information content (AvgIpc) is 2.09. The summed E-state index contributed by atoms with van der Waals surface area (Å²) >= 11 is 0. The largest absolute Gasteiger partial charge is 0.390 e. The summed E-state index contributed by atoms with van der Waals surface area (Å²) in [6, 6.07) is 0. The van der Waals surface area contributed by atoms with Gasteiger partial charge in [-0.15, -0.1) is 0 Å². The number of aliphatic hydroxyl groups is 1. The zero-order valence-electron chi connectivity index (χ0n) is 8.84. The molecule has 13 heavy (non-hydrogen) atoms. The van der Waals surface area contributed by atoms with Crippen LogP contribution >= 0.6 is 0 Å². The first-order valence-corrected chi connectivity index (χ1v) is 4.88.